The van der Waals surface area contributed by atoms with Crippen LogP contribution in [-0.4, -0.2) is 37.6 Å². The van der Waals surface area contributed by atoms with Gasteiger partial charge < -0.3 is 16.0 Å². The van der Waals surface area contributed by atoms with Gasteiger partial charge in [-0.05, 0) is 41.5 Å². The molecule has 0 radical (unpaired) electrons. The summed E-state index contributed by atoms with van der Waals surface area (Å²) in [5, 5.41) is 3.53. The van der Waals surface area contributed by atoms with E-state index in [1.54, 1.807) is 11.3 Å². The van der Waals surface area contributed by atoms with Crippen LogP contribution in [0.5, 0.6) is 0 Å². The lowest BCUT2D eigenvalue weighted by Crippen LogP contribution is -2.49. The van der Waals surface area contributed by atoms with E-state index in [-0.39, 0.29) is 6.04 Å². The summed E-state index contributed by atoms with van der Waals surface area (Å²) in [5.74, 6) is 0. The molecule has 90 valence electrons. The topological polar surface area (TPSA) is 41.3 Å². The van der Waals surface area contributed by atoms with Crippen LogP contribution in [0.2, 0.25) is 0 Å². The third-order valence-corrected chi connectivity index (χ3v) is 4.71. The third-order valence-electron chi connectivity index (χ3n) is 2.96. The van der Waals surface area contributed by atoms with Crippen LogP contribution in [0, 0.1) is 0 Å². The van der Waals surface area contributed by atoms with Gasteiger partial charge in [-0.1, -0.05) is 0 Å². The van der Waals surface area contributed by atoms with Crippen LogP contribution in [0.4, 0.5) is 0 Å². The maximum atomic E-state index is 6.22. The number of hydrogen-bond donors (Lipinski definition) is 2. The minimum atomic E-state index is 0.153. The Morgan fingerprint density at radius 1 is 1.69 bits per heavy atom. The molecule has 0 amide bonds. The van der Waals surface area contributed by atoms with Gasteiger partial charge in [0.2, 0.25) is 0 Å². The molecule has 1 aromatic heterocycles. The van der Waals surface area contributed by atoms with Gasteiger partial charge in [0.15, 0.2) is 0 Å². The Bertz CT molecular complexity index is 342. The highest BCUT2D eigenvalue weighted by Gasteiger charge is 2.20. The Kier molecular flexibility index (Phi) is 4.38. The van der Waals surface area contributed by atoms with Crippen molar-refractivity contribution in [2.45, 2.75) is 18.5 Å². The predicted molar refractivity (Wildman–Crippen MR) is 72.9 cm³/mol. The molecule has 1 aliphatic heterocycles. The third kappa shape index (κ3) is 3.28. The second-order valence-electron chi connectivity index (χ2n) is 4.40. The second-order valence-corrected chi connectivity index (χ2v) is 6.89. The van der Waals surface area contributed by atoms with Gasteiger partial charge in [0.1, 0.15) is 0 Å². The lowest BCUT2D eigenvalue weighted by atomic mass is 10.0. The number of rotatable bonds is 3. The van der Waals surface area contributed by atoms with E-state index in [1.165, 1.54) is 4.88 Å². The fourth-order valence-corrected chi connectivity index (χ4v) is 3.54. The number of halogens is 1. The number of nitrogens with zero attached hydrogens (tertiary/aromatic N) is 1. The summed E-state index contributed by atoms with van der Waals surface area (Å²) in [6, 6.07) is 4.86. The summed E-state index contributed by atoms with van der Waals surface area (Å²) in [4.78, 5) is 3.62. The van der Waals surface area contributed by atoms with Crippen LogP contribution in [-0.2, 0) is 0 Å². The van der Waals surface area contributed by atoms with E-state index in [9.17, 15) is 0 Å². The quantitative estimate of drug-likeness (QED) is 0.895. The first-order valence-corrected chi connectivity index (χ1v) is 7.19. The molecule has 3 nitrogen and oxygen atoms in total. The Labute approximate surface area is 109 Å². The van der Waals surface area contributed by atoms with Crippen molar-refractivity contribution in [3.63, 3.8) is 0 Å². The average molecular weight is 304 g/mol. The number of nitrogens with two attached hydrogens (primary N) is 1. The number of piperazine rings is 1. The minimum Gasteiger partial charge on any atom is -0.323 e. The fourth-order valence-electron chi connectivity index (χ4n) is 2.10. The van der Waals surface area contributed by atoms with Crippen molar-refractivity contribution in [3.05, 3.63) is 20.8 Å². The zero-order valence-electron chi connectivity index (χ0n) is 9.45. The fraction of sp³-hybridized carbons (Fsp3) is 0.636. The van der Waals surface area contributed by atoms with E-state index in [1.807, 2.05) is 0 Å². The van der Waals surface area contributed by atoms with Crippen molar-refractivity contribution in [1.29, 1.82) is 0 Å². The van der Waals surface area contributed by atoms with Crippen LogP contribution in [0.15, 0.2) is 15.9 Å². The second kappa shape index (κ2) is 5.60. The van der Waals surface area contributed by atoms with Gasteiger partial charge >= 0.3 is 0 Å². The Balaban J connectivity index is 1.89. The first-order valence-electron chi connectivity index (χ1n) is 5.58. The van der Waals surface area contributed by atoms with Crippen LogP contribution < -0.4 is 11.1 Å². The largest absolute Gasteiger partial charge is 0.323 e. The summed E-state index contributed by atoms with van der Waals surface area (Å²) in [7, 11) is 2.17. The van der Waals surface area contributed by atoms with Crippen LogP contribution >= 0.6 is 27.3 Å². The minimum absolute atomic E-state index is 0.153. The molecule has 1 aliphatic rings. The molecule has 2 heterocycles. The molecule has 0 bridgehead atoms. The van der Waals surface area contributed by atoms with Crippen LogP contribution in [0.1, 0.15) is 17.3 Å². The lowest BCUT2D eigenvalue weighted by Gasteiger charge is -2.32. The van der Waals surface area contributed by atoms with E-state index in [0.29, 0.717) is 6.04 Å². The molecular weight excluding hydrogens is 286 g/mol. The Hall–Kier alpha value is 0.0600. The lowest BCUT2D eigenvalue weighted by molar-refractivity contribution is 0.226. The molecule has 5 heteroatoms. The predicted octanol–water partition coefficient (Wildman–Crippen LogP) is 1.80. The number of nitrogens with one attached hydrogen (secondary N) is 1. The van der Waals surface area contributed by atoms with Gasteiger partial charge in [-0.2, -0.15) is 0 Å². The van der Waals surface area contributed by atoms with Crippen molar-refractivity contribution in [1.82, 2.24) is 10.2 Å². The monoisotopic (exact) mass is 303 g/mol. The molecular formula is C11H18BrN3S. The van der Waals surface area contributed by atoms with Gasteiger partial charge in [0.25, 0.3) is 0 Å². The number of hydrogen-bond acceptors (Lipinski definition) is 4. The molecule has 1 fully saturated rings. The van der Waals surface area contributed by atoms with Crippen LogP contribution in [0.3, 0.4) is 0 Å². The van der Waals surface area contributed by atoms with E-state index in [0.717, 1.165) is 29.8 Å². The summed E-state index contributed by atoms with van der Waals surface area (Å²) >= 11 is 5.21. The maximum absolute atomic E-state index is 6.22. The highest BCUT2D eigenvalue weighted by atomic mass is 79.9. The van der Waals surface area contributed by atoms with Gasteiger partial charge in [-0.25, -0.2) is 0 Å². The number of thiophene rings is 1. The zero-order valence-corrected chi connectivity index (χ0v) is 11.9. The molecule has 0 spiro atoms. The Morgan fingerprint density at radius 3 is 3.12 bits per heavy atom. The normalized spacial score (nSPS) is 24.6. The van der Waals surface area contributed by atoms with Crippen molar-refractivity contribution in [2.75, 3.05) is 26.7 Å². The van der Waals surface area contributed by atoms with E-state index < -0.39 is 0 Å². The molecule has 0 aliphatic carbocycles. The smallest absolute Gasteiger partial charge is 0.0701 e. The van der Waals surface area contributed by atoms with Crippen molar-refractivity contribution >= 4 is 27.3 Å². The molecule has 0 aromatic carbocycles. The molecule has 2 atom stereocenters. The first-order chi connectivity index (χ1) is 7.65. The first kappa shape index (κ1) is 12.5. The average Bonchev–Trinajstić information content (AvgIpc) is 2.65. The summed E-state index contributed by atoms with van der Waals surface area (Å²) in [6.07, 6.45) is 1.01. The summed E-state index contributed by atoms with van der Waals surface area (Å²) < 4.78 is 1.16. The molecule has 0 saturated carbocycles. The maximum Gasteiger partial charge on any atom is 0.0701 e. The molecule has 2 unspecified atom stereocenters. The van der Waals surface area contributed by atoms with Crippen molar-refractivity contribution in [2.24, 2.45) is 5.73 Å². The Morgan fingerprint density at radius 2 is 2.50 bits per heavy atom. The summed E-state index contributed by atoms with van der Waals surface area (Å²) in [5.41, 5.74) is 6.22. The van der Waals surface area contributed by atoms with Crippen LogP contribution in [0.25, 0.3) is 0 Å². The molecule has 1 aromatic rings. The van der Waals surface area contributed by atoms with Gasteiger partial charge in [0.05, 0.1) is 3.79 Å². The molecule has 3 N–H and O–H groups in total. The highest BCUT2D eigenvalue weighted by molar-refractivity contribution is 9.11. The van der Waals surface area contributed by atoms with E-state index in [2.05, 4.69) is 45.3 Å². The molecule has 1 saturated heterocycles. The van der Waals surface area contributed by atoms with Gasteiger partial charge in [-0.15, -0.1) is 11.3 Å². The van der Waals surface area contributed by atoms with E-state index in [4.69, 9.17) is 5.73 Å². The van der Waals surface area contributed by atoms with Gasteiger partial charge in [-0.3, -0.25) is 0 Å². The number of likely N-dealkylation sites (N-methyl/N-ethyl adjacent to an activating group) is 1. The molecule has 2 rings (SSSR count). The highest BCUT2D eigenvalue weighted by Crippen LogP contribution is 2.28. The van der Waals surface area contributed by atoms with Crippen molar-refractivity contribution in [3.8, 4) is 0 Å². The molecule has 16 heavy (non-hydrogen) atoms. The zero-order chi connectivity index (χ0) is 11.5. The van der Waals surface area contributed by atoms with Crippen molar-refractivity contribution < 1.29 is 0 Å². The van der Waals surface area contributed by atoms with E-state index >= 15 is 0 Å². The standard InChI is InChI=1S/C11H18BrN3S/c1-15-5-4-14-8(7-15)6-9(13)10-2-3-11(12)16-10/h2-3,8-9,14H,4-7,13H2,1H3. The SMILES string of the molecule is CN1CCNC(CC(N)c2ccc(Br)s2)C1. The summed E-state index contributed by atoms with van der Waals surface area (Å²) in [6.45, 7) is 3.30. The van der Waals surface area contributed by atoms with Gasteiger partial charge in [0, 0.05) is 36.6 Å².